The number of amides is 1. The summed E-state index contributed by atoms with van der Waals surface area (Å²) in [6, 6.07) is 13.5. The molecule has 0 spiro atoms. The van der Waals surface area contributed by atoms with Crippen molar-refractivity contribution in [2.75, 3.05) is 11.9 Å². The lowest BCUT2D eigenvalue weighted by Gasteiger charge is -2.11. The van der Waals surface area contributed by atoms with Gasteiger partial charge >= 0.3 is 5.69 Å². The van der Waals surface area contributed by atoms with Crippen LogP contribution in [0.4, 0.5) is 11.4 Å². The van der Waals surface area contributed by atoms with E-state index in [9.17, 15) is 14.9 Å². The van der Waals surface area contributed by atoms with E-state index in [1.54, 1.807) is 19.1 Å². The fourth-order valence-corrected chi connectivity index (χ4v) is 3.57. The molecule has 33 heavy (non-hydrogen) atoms. The third-order valence-corrected chi connectivity index (χ3v) is 5.53. The number of carbonyl (C=O) groups excluding carboxylic acids is 1. The molecule has 4 rings (SSSR count). The maximum Gasteiger partial charge on any atom is 0.311 e. The molecule has 1 N–H and O–H groups in total. The molecule has 0 bridgehead atoms. The summed E-state index contributed by atoms with van der Waals surface area (Å²) in [5, 5.41) is 14.2. The zero-order valence-electron chi connectivity index (χ0n) is 18.8. The molecule has 168 valence electrons. The van der Waals surface area contributed by atoms with Crippen LogP contribution in [0.25, 0.3) is 22.6 Å². The summed E-state index contributed by atoms with van der Waals surface area (Å²) < 4.78 is 11.3. The molecule has 8 nitrogen and oxygen atoms in total. The summed E-state index contributed by atoms with van der Waals surface area (Å²) >= 11 is 0. The minimum Gasteiger partial charge on any atom is -0.487 e. The highest BCUT2D eigenvalue weighted by Gasteiger charge is 2.20. The lowest BCUT2D eigenvalue weighted by Crippen LogP contribution is -2.13. The van der Waals surface area contributed by atoms with Crippen molar-refractivity contribution in [2.45, 2.75) is 27.7 Å². The van der Waals surface area contributed by atoms with Crippen LogP contribution in [0, 0.1) is 30.9 Å². The number of nitrogens with zero attached hydrogens (tertiary/aromatic N) is 2. The van der Waals surface area contributed by atoms with Crippen molar-refractivity contribution in [3.8, 4) is 17.2 Å². The van der Waals surface area contributed by atoms with Gasteiger partial charge in [0.05, 0.1) is 11.5 Å². The van der Waals surface area contributed by atoms with Crippen LogP contribution in [0.15, 0.2) is 52.9 Å². The molecule has 0 radical (unpaired) electrons. The van der Waals surface area contributed by atoms with E-state index < -0.39 is 10.8 Å². The Balaban J connectivity index is 1.65. The number of benzene rings is 3. The Morgan fingerprint density at radius 1 is 1.12 bits per heavy atom. The summed E-state index contributed by atoms with van der Waals surface area (Å²) in [5.74, 6) is 0.115. The number of nitro benzene ring substituents is 1. The SMILES string of the molecule is CCOc1ccc(C(=O)Nc2cccc(-c3nc4cc(C)c(C)cc4o3)c2C)cc1[N+](=O)[O-]. The molecule has 0 fully saturated rings. The van der Waals surface area contributed by atoms with Crippen molar-refractivity contribution < 1.29 is 18.9 Å². The first-order valence-electron chi connectivity index (χ1n) is 10.5. The van der Waals surface area contributed by atoms with Crippen molar-refractivity contribution in [1.82, 2.24) is 4.98 Å². The Bertz CT molecular complexity index is 1350. The topological polar surface area (TPSA) is 108 Å². The van der Waals surface area contributed by atoms with Gasteiger partial charge in [-0.3, -0.25) is 14.9 Å². The second-order valence-electron chi connectivity index (χ2n) is 7.73. The predicted molar refractivity (Wildman–Crippen MR) is 126 cm³/mol. The highest BCUT2D eigenvalue weighted by molar-refractivity contribution is 6.05. The molecule has 3 aromatic carbocycles. The van der Waals surface area contributed by atoms with Gasteiger partial charge in [0.15, 0.2) is 11.3 Å². The second kappa shape index (κ2) is 8.74. The quantitative estimate of drug-likeness (QED) is 0.289. The van der Waals surface area contributed by atoms with Crippen molar-refractivity contribution in [3.63, 3.8) is 0 Å². The molecule has 0 unspecified atom stereocenters. The van der Waals surface area contributed by atoms with Gasteiger partial charge in [-0.25, -0.2) is 4.98 Å². The lowest BCUT2D eigenvalue weighted by atomic mass is 10.1. The van der Waals surface area contributed by atoms with Gasteiger partial charge in [0, 0.05) is 22.9 Å². The van der Waals surface area contributed by atoms with E-state index >= 15 is 0 Å². The van der Waals surface area contributed by atoms with E-state index in [0.29, 0.717) is 17.2 Å². The van der Waals surface area contributed by atoms with E-state index in [1.165, 1.54) is 18.2 Å². The maximum absolute atomic E-state index is 12.9. The van der Waals surface area contributed by atoms with Crippen molar-refractivity contribution >= 4 is 28.4 Å². The van der Waals surface area contributed by atoms with Crippen molar-refractivity contribution in [2.24, 2.45) is 0 Å². The Morgan fingerprint density at radius 2 is 1.88 bits per heavy atom. The standard InChI is InChI=1S/C25H23N3O5/c1-5-32-22-10-9-17(13-21(22)28(30)31)24(29)26-19-8-6-7-18(16(19)4)25-27-20-11-14(2)15(3)12-23(20)33-25/h6-13H,5H2,1-4H3,(H,26,29). The first-order chi connectivity index (χ1) is 15.8. The summed E-state index contributed by atoms with van der Waals surface area (Å²) in [6.07, 6.45) is 0. The number of fused-ring (bicyclic) bond motifs is 1. The van der Waals surface area contributed by atoms with Gasteiger partial charge < -0.3 is 14.5 Å². The molecular formula is C25H23N3O5. The van der Waals surface area contributed by atoms with E-state index in [0.717, 1.165) is 27.8 Å². The van der Waals surface area contributed by atoms with Crippen LogP contribution < -0.4 is 10.1 Å². The molecule has 8 heteroatoms. The number of hydrogen-bond donors (Lipinski definition) is 1. The van der Waals surface area contributed by atoms with E-state index in [-0.39, 0.29) is 23.6 Å². The van der Waals surface area contributed by atoms with Gasteiger partial charge in [0.1, 0.15) is 5.52 Å². The molecule has 0 saturated heterocycles. The largest absolute Gasteiger partial charge is 0.487 e. The lowest BCUT2D eigenvalue weighted by molar-refractivity contribution is -0.385. The number of anilines is 1. The minimum atomic E-state index is -0.565. The van der Waals surface area contributed by atoms with Crippen LogP contribution in [-0.4, -0.2) is 22.4 Å². The van der Waals surface area contributed by atoms with Gasteiger partial charge in [-0.1, -0.05) is 6.07 Å². The van der Waals surface area contributed by atoms with E-state index in [4.69, 9.17) is 9.15 Å². The number of hydrogen-bond acceptors (Lipinski definition) is 6. The van der Waals surface area contributed by atoms with Gasteiger partial charge in [0.2, 0.25) is 5.89 Å². The average molecular weight is 445 g/mol. The average Bonchev–Trinajstić information content (AvgIpc) is 3.18. The van der Waals surface area contributed by atoms with Crippen LogP contribution in [0.5, 0.6) is 5.75 Å². The fourth-order valence-electron chi connectivity index (χ4n) is 3.57. The summed E-state index contributed by atoms with van der Waals surface area (Å²) in [4.78, 5) is 28.3. The summed E-state index contributed by atoms with van der Waals surface area (Å²) in [6.45, 7) is 7.92. The predicted octanol–water partition coefficient (Wildman–Crippen LogP) is 5.98. The zero-order valence-corrected chi connectivity index (χ0v) is 18.8. The van der Waals surface area contributed by atoms with Gasteiger partial charge in [0.25, 0.3) is 5.91 Å². The molecule has 0 aliphatic carbocycles. The number of rotatable bonds is 6. The van der Waals surface area contributed by atoms with Gasteiger partial charge in [-0.15, -0.1) is 0 Å². The minimum absolute atomic E-state index is 0.124. The van der Waals surface area contributed by atoms with E-state index in [1.807, 2.05) is 39.0 Å². The normalized spacial score (nSPS) is 10.9. The van der Waals surface area contributed by atoms with Crippen molar-refractivity contribution in [1.29, 1.82) is 0 Å². The molecular weight excluding hydrogens is 422 g/mol. The van der Waals surface area contributed by atoms with Crippen LogP contribution in [-0.2, 0) is 0 Å². The number of aryl methyl sites for hydroxylation is 2. The number of aromatic nitrogens is 1. The number of nitrogens with one attached hydrogen (secondary N) is 1. The first kappa shape index (κ1) is 22.0. The van der Waals surface area contributed by atoms with E-state index in [2.05, 4.69) is 10.3 Å². The zero-order chi connectivity index (χ0) is 23.7. The Hall–Kier alpha value is -4.20. The third kappa shape index (κ3) is 4.27. The first-order valence-corrected chi connectivity index (χ1v) is 10.5. The third-order valence-electron chi connectivity index (χ3n) is 5.53. The summed E-state index contributed by atoms with van der Waals surface area (Å²) in [7, 11) is 0. The second-order valence-corrected chi connectivity index (χ2v) is 7.73. The Kier molecular flexibility index (Phi) is 5.83. The molecule has 4 aromatic rings. The molecule has 1 heterocycles. The Morgan fingerprint density at radius 3 is 2.61 bits per heavy atom. The molecule has 0 aliphatic rings. The van der Waals surface area contributed by atoms with Crippen LogP contribution in [0.2, 0.25) is 0 Å². The van der Waals surface area contributed by atoms with Gasteiger partial charge in [-0.2, -0.15) is 0 Å². The highest BCUT2D eigenvalue weighted by atomic mass is 16.6. The number of ether oxygens (including phenoxy) is 1. The number of oxazole rings is 1. The van der Waals surface area contributed by atoms with Crippen LogP contribution in [0.3, 0.4) is 0 Å². The smallest absolute Gasteiger partial charge is 0.311 e. The molecule has 0 atom stereocenters. The monoisotopic (exact) mass is 445 g/mol. The molecule has 1 aromatic heterocycles. The summed E-state index contributed by atoms with van der Waals surface area (Å²) in [5.41, 5.74) is 5.69. The van der Waals surface area contributed by atoms with Gasteiger partial charge in [-0.05, 0) is 80.8 Å². The van der Waals surface area contributed by atoms with Crippen LogP contribution in [0.1, 0.15) is 34.0 Å². The van der Waals surface area contributed by atoms with Crippen molar-refractivity contribution in [3.05, 3.63) is 80.9 Å². The molecule has 0 aliphatic heterocycles. The maximum atomic E-state index is 12.9. The molecule has 1 amide bonds. The number of nitro groups is 1. The highest BCUT2D eigenvalue weighted by Crippen LogP contribution is 2.32. The molecule has 0 saturated carbocycles. The van der Waals surface area contributed by atoms with Crippen LogP contribution >= 0.6 is 0 Å². The Labute approximate surface area is 190 Å². The number of carbonyl (C=O) groups is 1. The fraction of sp³-hybridized carbons (Fsp3) is 0.200.